The van der Waals surface area contributed by atoms with Crippen molar-refractivity contribution in [2.24, 2.45) is 5.41 Å². The molecule has 2 aliphatic heterocycles. The topological polar surface area (TPSA) is 67.2 Å². The van der Waals surface area contributed by atoms with Crippen molar-refractivity contribution in [1.29, 1.82) is 0 Å². The van der Waals surface area contributed by atoms with E-state index in [2.05, 4.69) is 20.4 Å². The highest BCUT2D eigenvalue weighted by molar-refractivity contribution is 6.30. The largest absolute Gasteiger partial charge is 0.338 e. The molecule has 0 atom stereocenters. The summed E-state index contributed by atoms with van der Waals surface area (Å²) in [5.41, 5.74) is 1.31. The number of carbonyl (C=O) groups excluding carboxylic acids is 1. The number of aromatic nitrogens is 4. The zero-order valence-electron chi connectivity index (χ0n) is 15.4. The van der Waals surface area contributed by atoms with Gasteiger partial charge in [0.25, 0.3) is 0 Å². The summed E-state index contributed by atoms with van der Waals surface area (Å²) in [6.07, 6.45) is 5.59. The third kappa shape index (κ3) is 4.47. The Bertz CT molecular complexity index is 755. The predicted molar refractivity (Wildman–Crippen MR) is 102 cm³/mol. The van der Waals surface area contributed by atoms with Crippen LogP contribution in [-0.2, 0) is 17.9 Å². The van der Waals surface area contributed by atoms with Crippen LogP contribution in [-0.4, -0.2) is 62.1 Å². The second-order valence-electron chi connectivity index (χ2n) is 7.82. The molecule has 0 N–H and O–H groups in total. The number of piperidine rings is 1. The number of carbonyl (C=O) groups is 1. The van der Waals surface area contributed by atoms with Gasteiger partial charge in [-0.05, 0) is 72.4 Å². The maximum atomic E-state index is 12.6. The lowest BCUT2D eigenvalue weighted by molar-refractivity contribution is -0.128. The van der Waals surface area contributed by atoms with E-state index in [0.29, 0.717) is 13.0 Å². The maximum Gasteiger partial charge on any atom is 0.223 e. The van der Waals surface area contributed by atoms with E-state index < -0.39 is 0 Å². The second kappa shape index (κ2) is 7.94. The molecule has 144 valence electrons. The summed E-state index contributed by atoms with van der Waals surface area (Å²) in [7, 11) is 0. The Balaban J connectivity index is 1.25. The van der Waals surface area contributed by atoms with Gasteiger partial charge in [0.1, 0.15) is 6.33 Å². The molecule has 4 rings (SSSR count). The predicted octanol–water partition coefficient (Wildman–Crippen LogP) is 2.23. The lowest BCUT2D eigenvalue weighted by Crippen LogP contribution is -2.42. The average Bonchev–Trinajstić information content (AvgIpc) is 3.28. The first kappa shape index (κ1) is 18.4. The minimum absolute atomic E-state index is 0.163. The van der Waals surface area contributed by atoms with Gasteiger partial charge in [0.05, 0.1) is 0 Å². The van der Waals surface area contributed by atoms with Crippen molar-refractivity contribution in [3.05, 3.63) is 41.2 Å². The van der Waals surface area contributed by atoms with E-state index in [1.54, 1.807) is 11.0 Å². The minimum atomic E-state index is 0.163. The van der Waals surface area contributed by atoms with Crippen LogP contribution < -0.4 is 0 Å². The molecule has 2 aromatic rings. The first-order valence-corrected chi connectivity index (χ1v) is 9.95. The Morgan fingerprint density at radius 2 is 1.89 bits per heavy atom. The molecule has 0 aliphatic carbocycles. The van der Waals surface area contributed by atoms with Crippen LogP contribution in [0.15, 0.2) is 30.6 Å². The number of rotatable bonds is 6. The van der Waals surface area contributed by atoms with Gasteiger partial charge in [-0.25, -0.2) is 4.68 Å². The third-order valence-corrected chi connectivity index (χ3v) is 6.11. The van der Waals surface area contributed by atoms with Crippen LogP contribution in [0.25, 0.3) is 0 Å². The van der Waals surface area contributed by atoms with Crippen molar-refractivity contribution >= 4 is 17.5 Å². The molecule has 7 nitrogen and oxygen atoms in total. The highest BCUT2D eigenvalue weighted by Gasteiger charge is 2.44. The summed E-state index contributed by atoms with van der Waals surface area (Å²) in [5, 5.41) is 12.0. The Kier molecular flexibility index (Phi) is 5.41. The number of benzene rings is 1. The fraction of sp³-hybridized carbons (Fsp3) is 0.579. The first-order chi connectivity index (χ1) is 13.1. The van der Waals surface area contributed by atoms with Gasteiger partial charge < -0.3 is 9.80 Å². The molecule has 1 spiro atoms. The van der Waals surface area contributed by atoms with Crippen LogP contribution in [0.5, 0.6) is 0 Å². The molecule has 8 heteroatoms. The van der Waals surface area contributed by atoms with Crippen LogP contribution in [0.4, 0.5) is 0 Å². The molecule has 0 unspecified atom stereocenters. The van der Waals surface area contributed by atoms with E-state index in [1.165, 1.54) is 0 Å². The molecular formula is C19H25ClN6O. The quantitative estimate of drug-likeness (QED) is 0.759. The molecule has 27 heavy (non-hydrogen) atoms. The number of aryl methyl sites for hydroxylation is 1. The van der Waals surface area contributed by atoms with Gasteiger partial charge in [-0.1, -0.05) is 23.7 Å². The van der Waals surface area contributed by atoms with E-state index in [9.17, 15) is 4.79 Å². The Morgan fingerprint density at radius 3 is 2.59 bits per heavy atom. The molecule has 1 aromatic carbocycles. The van der Waals surface area contributed by atoms with E-state index in [1.807, 2.05) is 29.2 Å². The van der Waals surface area contributed by atoms with Gasteiger partial charge in [-0.2, -0.15) is 0 Å². The molecule has 0 bridgehead atoms. The highest BCUT2D eigenvalue weighted by Crippen LogP contribution is 2.41. The lowest BCUT2D eigenvalue weighted by Gasteiger charge is -2.38. The molecule has 2 aliphatic rings. The van der Waals surface area contributed by atoms with Gasteiger partial charge in [-0.3, -0.25) is 4.79 Å². The molecule has 2 saturated heterocycles. The van der Waals surface area contributed by atoms with Crippen LogP contribution >= 0.6 is 11.6 Å². The Morgan fingerprint density at radius 1 is 1.11 bits per heavy atom. The minimum Gasteiger partial charge on any atom is -0.338 e. The summed E-state index contributed by atoms with van der Waals surface area (Å²) in [4.78, 5) is 17.1. The third-order valence-electron chi connectivity index (χ3n) is 5.86. The first-order valence-electron chi connectivity index (χ1n) is 9.57. The monoisotopic (exact) mass is 388 g/mol. The molecule has 1 aromatic heterocycles. The van der Waals surface area contributed by atoms with Gasteiger partial charge in [0, 0.05) is 31.1 Å². The number of nitrogens with zero attached hydrogens (tertiary/aromatic N) is 6. The Labute approximate surface area is 164 Å². The molecule has 2 fully saturated rings. The van der Waals surface area contributed by atoms with E-state index >= 15 is 0 Å². The number of tetrazole rings is 1. The van der Waals surface area contributed by atoms with Crippen LogP contribution in [0, 0.1) is 5.41 Å². The van der Waals surface area contributed by atoms with Gasteiger partial charge in [-0.15, -0.1) is 5.10 Å². The molecule has 1 amide bonds. The summed E-state index contributed by atoms with van der Waals surface area (Å²) < 4.78 is 1.77. The zero-order valence-corrected chi connectivity index (χ0v) is 16.2. The average molecular weight is 389 g/mol. The van der Waals surface area contributed by atoms with Crippen molar-refractivity contribution in [2.75, 3.05) is 26.2 Å². The smallest absolute Gasteiger partial charge is 0.223 e. The molecule has 0 radical (unpaired) electrons. The number of amides is 1. The van der Waals surface area contributed by atoms with Gasteiger partial charge >= 0.3 is 0 Å². The van der Waals surface area contributed by atoms with Crippen molar-refractivity contribution in [2.45, 2.75) is 38.8 Å². The standard InChI is InChI=1S/C19H25ClN6O/c20-17-4-2-16(3-5-17)13-25-14-19(12-18(25)27)6-10-24(11-7-19)8-1-9-26-15-21-22-23-26/h2-5,15H,1,6-14H2. The van der Waals surface area contributed by atoms with E-state index in [4.69, 9.17) is 11.6 Å². The summed E-state index contributed by atoms with van der Waals surface area (Å²) in [5.74, 6) is 0.289. The van der Waals surface area contributed by atoms with E-state index in [0.717, 1.165) is 62.6 Å². The van der Waals surface area contributed by atoms with Crippen molar-refractivity contribution < 1.29 is 4.79 Å². The van der Waals surface area contributed by atoms with Crippen molar-refractivity contribution in [3.63, 3.8) is 0 Å². The summed E-state index contributed by atoms with van der Waals surface area (Å²) >= 11 is 5.96. The van der Waals surface area contributed by atoms with Crippen LogP contribution in [0.3, 0.4) is 0 Å². The molecule has 0 saturated carbocycles. The number of hydrogen-bond donors (Lipinski definition) is 0. The second-order valence-corrected chi connectivity index (χ2v) is 8.26. The van der Waals surface area contributed by atoms with E-state index in [-0.39, 0.29) is 11.3 Å². The van der Waals surface area contributed by atoms with Gasteiger partial charge in [0.15, 0.2) is 0 Å². The normalized spacial score (nSPS) is 19.9. The van der Waals surface area contributed by atoms with Crippen LogP contribution in [0.1, 0.15) is 31.2 Å². The fourth-order valence-electron chi connectivity index (χ4n) is 4.26. The molecular weight excluding hydrogens is 364 g/mol. The molecule has 3 heterocycles. The number of hydrogen-bond acceptors (Lipinski definition) is 5. The summed E-state index contributed by atoms with van der Waals surface area (Å²) in [6.45, 7) is 5.61. The highest BCUT2D eigenvalue weighted by atomic mass is 35.5. The maximum absolute atomic E-state index is 12.6. The summed E-state index contributed by atoms with van der Waals surface area (Å²) in [6, 6.07) is 7.80. The zero-order chi connectivity index (χ0) is 18.7. The number of halogens is 1. The Hall–Kier alpha value is -1.99. The SMILES string of the molecule is O=C1CC2(CCN(CCCn3cnnn3)CC2)CN1Cc1ccc(Cl)cc1. The number of likely N-dealkylation sites (tertiary alicyclic amines) is 2. The van der Waals surface area contributed by atoms with Crippen molar-refractivity contribution in [3.8, 4) is 0 Å². The van der Waals surface area contributed by atoms with Crippen LogP contribution in [0.2, 0.25) is 5.02 Å². The fourth-order valence-corrected chi connectivity index (χ4v) is 4.39. The van der Waals surface area contributed by atoms with Crippen molar-refractivity contribution in [1.82, 2.24) is 30.0 Å². The lowest BCUT2D eigenvalue weighted by atomic mass is 9.77. The van der Waals surface area contributed by atoms with Gasteiger partial charge in [0.2, 0.25) is 5.91 Å².